The van der Waals surface area contributed by atoms with E-state index in [-0.39, 0.29) is 24.9 Å². The van der Waals surface area contributed by atoms with E-state index in [1.807, 2.05) is 13.0 Å². The molecule has 1 aromatic heterocycles. The van der Waals surface area contributed by atoms with Crippen LogP contribution < -0.4 is 0 Å². The van der Waals surface area contributed by atoms with Crippen LogP contribution >= 0.6 is 0 Å². The highest BCUT2D eigenvalue weighted by molar-refractivity contribution is 5.93. The van der Waals surface area contributed by atoms with Crippen LogP contribution in [0.25, 0.3) is 0 Å². The van der Waals surface area contributed by atoms with Crippen molar-refractivity contribution in [3.05, 3.63) is 35.8 Å². The lowest BCUT2D eigenvalue weighted by Crippen LogP contribution is -2.67. The van der Waals surface area contributed by atoms with Crippen LogP contribution in [0.2, 0.25) is 0 Å². The first-order chi connectivity index (χ1) is 12.9. The lowest BCUT2D eigenvalue weighted by Gasteiger charge is -2.61. The fourth-order valence-corrected chi connectivity index (χ4v) is 6.22. The van der Waals surface area contributed by atoms with E-state index in [9.17, 15) is 19.8 Å². The van der Waals surface area contributed by atoms with Gasteiger partial charge in [0.2, 0.25) is 0 Å². The molecule has 4 aliphatic rings. The second-order valence-electron chi connectivity index (χ2n) is 8.45. The van der Waals surface area contributed by atoms with E-state index in [1.54, 1.807) is 6.07 Å². The Balaban J connectivity index is 1.65. The fraction of sp³-hybridized carbons (Fsp3) is 0.600. The number of rotatable bonds is 1. The molecule has 2 N–H and O–H groups in total. The second kappa shape index (κ2) is 5.45. The van der Waals surface area contributed by atoms with Crippen LogP contribution in [-0.2, 0) is 19.1 Å². The molecule has 27 heavy (non-hydrogen) atoms. The first kappa shape index (κ1) is 17.0. The fourth-order valence-electron chi connectivity index (χ4n) is 6.22. The van der Waals surface area contributed by atoms with Gasteiger partial charge in [-0.3, -0.25) is 4.79 Å². The largest absolute Gasteiger partial charge is 0.472 e. The maximum atomic E-state index is 12.9. The van der Waals surface area contributed by atoms with Crippen molar-refractivity contribution in [2.75, 3.05) is 6.61 Å². The molecule has 0 unspecified atom stereocenters. The number of hydrogen-bond acceptors (Lipinski definition) is 7. The van der Waals surface area contributed by atoms with E-state index < -0.39 is 41.0 Å². The Morgan fingerprint density at radius 3 is 2.81 bits per heavy atom. The predicted molar refractivity (Wildman–Crippen MR) is 90.0 cm³/mol. The Labute approximate surface area is 155 Å². The number of esters is 2. The number of aliphatic hydroxyl groups is 2. The number of allylic oxidation sites excluding steroid dienone is 1. The number of fused-ring (bicyclic) bond motifs is 2. The normalized spacial score (nSPS) is 45.9. The first-order valence-corrected chi connectivity index (χ1v) is 9.36. The van der Waals surface area contributed by atoms with Gasteiger partial charge in [0.1, 0.15) is 12.7 Å². The van der Waals surface area contributed by atoms with Gasteiger partial charge in [-0.25, -0.2) is 4.79 Å². The van der Waals surface area contributed by atoms with Crippen LogP contribution in [0.5, 0.6) is 0 Å². The van der Waals surface area contributed by atoms with Gasteiger partial charge in [-0.05, 0) is 31.2 Å². The molecule has 1 spiro atoms. The average Bonchev–Trinajstić information content (AvgIpc) is 3.26. The molecule has 3 fully saturated rings. The van der Waals surface area contributed by atoms with Crippen molar-refractivity contribution in [1.29, 1.82) is 0 Å². The van der Waals surface area contributed by atoms with Crippen LogP contribution in [0.4, 0.5) is 0 Å². The third-order valence-corrected chi connectivity index (χ3v) is 7.36. The molecule has 5 rings (SSSR count). The van der Waals surface area contributed by atoms with Gasteiger partial charge in [0, 0.05) is 22.0 Å². The van der Waals surface area contributed by atoms with Crippen molar-refractivity contribution in [3.8, 4) is 0 Å². The maximum absolute atomic E-state index is 12.9. The van der Waals surface area contributed by atoms with Gasteiger partial charge in [0.05, 0.1) is 24.5 Å². The summed E-state index contributed by atoms with van der Waals surface area (Å²) < 4.78 is 16.0. The minimum atomic E-state index is -1.04. The van der Waals surface area contributed by atoms with Crippen LogP contribution in [-0.4, -0.2) is 41.0 Å². The van der Waals surface area contributed by atoms with Crippen molar-refractivity contribution in [3.63, 3.8) is 0 Å². The highest BCUT2D eigenvalue weighted by Crippen LogP contribution is 2.66. The quantitative estimate of drug-likeness (QED) is 0.718. The Hall–Kier alpha value is -2.12. The Morgan fingerprint density at radius 2 is 2.07 bits per heavy atom. The highest BCUT2D eigenvalue weighted by Gasteiger charge is 2.70. The van der Waals surface area contributed by atoms with Crippen LogP contribution in [0, 0.1) is 22.7 Å². The molecule has 2 aliphatic heterocycles. The summed E-state index contributed by atoms with van der Waals surface area (Å²) in [6.07, 6.45) is 3.53. The third kappa shape index (κ3) is 1.99. The number of cyclic esters (lactones) is 2. The van der Waals surface area contributed by atoms with E-state index in [4.69, 9.17) is 13.9 Å². The summed E-state index contributed by atoms with van der Waals surface area (Å²) in [4.78, 5) is 25.2. The SMILES string of the molecule is C[C@@]12[C@H](O)[C@@H](c3ccoc3)OC(=O)[C@H]1[C@H](O)C[C@]13COC(=O)C1=CCC[C@H]32. The predicted octanol–water partition coefficient (Wildman–Crippen LogP) is 1.51. The van der Waals surface area contributed by atoms with Crippen molar-refractivity contribution in [1.82, 2.24) is 0 Å². The summed E-state index contributed by atoms with van der Waals surface area (Å²) >= 11 is 0. The van der Waals surface area contributed by atoms with Gasteiger partial charge in [0.25, 0.3) is 0 Å². The van der Waals surface area contributed by atoms with Crippen molar-refractivity contribution in [2.45, 2.75) is 44.5 Å². The summed E-state index contributed by atoms with van der Waals surface area (Å²) in [7, 11) is 0. The molecular formula is C20H22O7. The first-order valence-electron chi connectivity index (χ1n) is 9.36. The number of carbonyl (C=O) groups is 2. The van der Waals surface area contributed by atoms with Crippen molar-refractivity contribution >= 4 is 11.9 Å². The monoisotopic (exact) mass is 374 g/mol. The Morgan fingerprint density at radius 1 is 1.26 bits per heavy atom. The van der Waals surface area contributed by atoms with Gasteiger partial charge in [-0.1, -0.05) is 13.0 Å². The molecule has 1 aromatic rings. The van der Waals surface area contributed by atoms with Gasteiger partial charge < -0.3 is 24.1 Å². The Bertz CT molecular complexity index is 827. The summed E-state index contributed by atoms with van der Waals surface area (Å²) in [5.74, 6) is -1.89. The molecule has 2 saturated heterocycles. The molecule has 0 amide bonds. The molecule has 1 saturated carbocycles. The topological polar surface area (TPSA) is 106 Å². The van der Waals surface area contributed by atoms with E-state index >= 15 is 0 Å². The number of furan rings is 1. The zero-order chi connectivity index (χ0) is 19.0. The minimum Gasteiger partial charge on any atom is -0.472 e. The number of aliphatic hydroxyl groups excluding tert-OH is 2. The second-order valence-corrected chi connectivity index (χ2v) is 8.45. The lowest BCUT2D eigenvalue weighted by atomic mass is 9.44. The standard InChI is InChI=1S/C20H22O7/c1-19-13-4-2-3-11-17(23)26-9-20(11,13)7-12(21)14(19)18(24)27-15(16(19)22)10-5-6-25-8-10/h3,5-6,8,12-16,21-22H,2,4,7,9H2,1H3/t12-,13+,14-,15-,16-,19+,20+/m1/s1. The van der Waals surface area contributed by atoms with E-state index in [1.165, 1.54) is 12.5 Å². The zero-order valence-electron chi connectivity index (χ0n) is 15.0. The molecule has 7 nitrogen and oxygen atoms in total. The molecule has 0 bridgehead atoms. The van der Waals surface area contributed by atoms with Crippen molar-refractivity contribution in [2.24, 2.45) is 22.7 Å². The molecule has 7 heteroatoms. The minimum absolute atomic E-state index is 0.179. The molecule has 7 atom stereocenters. The summed E-state index contributed by atoms with van der Waals surface area (Å²) in [6.45, 7) is 2.02. The molecule has 144 valence electrons. The maximum Gasteiger partial charge on any atom is 0.334 e. The third-order valence-electron chi connectivity index (χ3n) is 7.36. The van der Waals surface area contributed by atoms with Crippen LogP contribution in [0.3, 0.4) is 0 Å². The summed E-state index contributed by atoms with van der Waals surface area (Å²) in [5, 5.41) is 22.3. The van der Waals surface area contributed by atoms with Gasteiger partial charge in [-0.2, -0.15) is 0 Å². The number of hydrogen-bond donors (Lipinski definition) is 2. The van der Waals surface area contributed by atoms with Crippen LogP contribution in [0.15, 0.2) is 34.7 Å². The molecule has 0 aromatic carbocycles. The smallest absolute Gasteiger partial charge is 0.334 e. The zero-order valence-corrected chi connectivity index (χ0v) is 15.0. The molecule has 0 radical (unpaired) electrons. The van der Waals surface area contributed by atoms with Gasteiger partial charge in [0.15, 0.2) is 6.10 Å². The van der Waals surface area contributed by atoms with Crippen molar-refractivity contribution < 1.29 is 33.7 Å². The molecule has 3 heterocycles. The Kier molecular flexibility index (Phi) is 3.44. The molecular weight excluding hydrogens is 352 g/mol. The highest BCUT2D eigenvalue weighted by atomic mass is 16.6. The lowest BCUT2D eigenvalue weighted by molar-refractivity contribution is -0.246. The van der Waals surface area contributed by atoms with E-state index in [0.29, 0.717) is 24.0 Å². The van der Waals surface area contributed by atoms with Crippen LogP contribution in [0.1, 0.15) is 37.9 Å². The number of carbonyl (C=O) groups excluding carboxylic acids is 2. The average molecular weight is 374 g/mol. The van der Waals surface area contributed by atoms with E-state index in [0.717, 1.165) is 0 Å². The van der Waals surface area contributed by atoms with Gasteiger partial charge in [-0.15, -0.1) is 0 Å². The molecule has 2 aliphatic carbocycles. The van der Waals surface area contributed by atoms with Gasteiger partial charge >= 0.3 is 11.9 Å². The van der Waals surface area contributed by atoms with E-state index in [2.05, 4.69) is 0 Å². The summed E-state index contributed by atoms with van der Waals surface area (Å²) in [6, 6.07) is 1.66. The number of ether oxygens (including phenoxy) is 2. The summed E-state index contributed by atoms with van der Waals surface area (Å²) in [5.41, 5.74) is -0.458.